The van der Waals surface area contributed by atoms with Crippen LogP contribution < -0.4 is 4.74 Å². The third-order valence-electron chi connectivity index (χ3n) is 8.52. The Morgan fingerprint density at radius 3 is 1.60 bits per heavy atom. The third-order valence-corrected chi connectivity index (χ3v) is 8.52. The molecule has 0 amide bonds. The Morgan fingerprint density at radius 1 is 0.556 bits per heavy atom. The molecule has 7 aromatic carbocycles. The van der Waals surface area contributed by atoms with Gasteiger partial charge in [0.25, 0.3) is 0 Å². The lowest BCUT2D eigenvalue weighted by molar-refractivity contribution is 0.0735. The Bertz CT molecular complexity index is 2210. The first-order valence-corrected chi connectivity index (χ1v) is 15.1. The molecule has 3 heteroatoms. The highest BCUT2D eigenvalue weighted by molar-refractivity contribution is 6.15. The van der Waals surface area contributed by atoms with Gasteiger partial charge in [-0.2, -0.15) is 0 Å². The van der Waals surface area contributed by atoms with Gasteiger partial charge in [0.2, 0.25) is 0 Å². The Balaban J connectivity index is 1.61. The molecule has 218 valence electrons. The second kappa shape index (κ2) is 11.4. The molecule has 0 heterocycles. The second-order valence-corrected chi connectivity index (χ2v) is 11.6. The van der Waals surface area contributed by atoms with Crippen molar-refractivity contribution in [3.05, 3.63) is 156 Å². The van der Waals surface area contributed by atoms with Crippen molar-refractivity contribution in [1.82, 2.24) is 0 Å². The number of carbonyl (C=O) groups excluding carboxylic acids is 1. The highest BCUT2D eigenvalue weighted by Gasteiger charge is 2.27. The van der Waals surface area contributed by atoms with E-state index < -0.39 is 5.97 Å². The maximum Gasteiger partial charge on any atom is 0.344 e. The molecule has 0 aliphatic carbocycles. The molecule has 7 aromatic rings. The number of carbonyl (C=O) groups is 1. The molecule has 0 spiro atoms. The van der Waals surface area contributed by atoms with Crippen LogP contribution in [0.5, 0.6) is 11.5 Å². The average Bonchev–Trinajstić information content (AvgIpc) is 3.05. The number of aryl methyl sites for hydroxylation is 3. The predicted octanol–water partition coefficient (Wildman–Crippen LogP) is 10.8. The minimum atomic E-state index is -0.429. The maximum absolute atomic E-state index is 14.2. The monoisotopic (exact) mass is 584 g/mol. The van der Waals surface area contributed by atoms with Crippen molar-refractivity contribution < 1.29 is 14.6 Å². The van der Waals surface area contributed by atoms with E-state index in [2.05, 4.69) is 18.2 Å². The van der Waals surface area contributed by atoms with Gasteiger partial charge >= 0.3 is 5.97 Å². The van der Waals surface area contributed by atoms with E-state index in [9.17, 15) is 9.90 Å². The first kappa shape index (κ1) is 28.1. The molecule has 3 nitrogen and oxygen atoms in total. The minimum absolute atomic E-state index is 0.135. The van der Waals surface area contributed by atoms with Crippen LogP contribution in [-0.4, -0.2) is 11.1 Å². The Labute approximate surface area is 263 Å². The number of fused-ring (bicyclic) bond motifs is 2. The Hall–Kier alpha value is -5.67. The SMILES string of the molecule is Cc1cc(C)c(C(=O)Oc2c(-c3ccccc3)cc3ccccc3c2-c2c(O)c(-c3ccccc3)cc3ccccc23)c(C)c1. The van der Waals surface area contributed by atoms with E-state index in [4.69, 9.17) is 4.74 Å². The van der Waals surface area contributed by atoms with Crippen LogP contribution in [0, 0.1) is 20.8 Å². The van der Waals surface area contributed by atoms with Gasteiger partial charge in [0.15, 0.2) is 0 Å². The molecule has 0 saturated carbocycles. The van der Waals surface area contributed by atoms with Crippen LogP contribution >= 0.6 is 0 Å². The molecule has 1 N–H and O–H groups in total. The normalized spacial score (nSPS) is 11.2. The van der Waals surface area contributed by atoms with Gasteiger partial charge in [-0.15, -0.1) is 0 Å². The van der Waals surface area contributed by atoms with Gasteiger partial charge in [0.05, 0.1) is 5.56 Å². The van der Waals surface area contributed by atoms with Gasteiger partial charge in [-0.3, -0.25) is 0 Å². The summed E-state index contributed by atoms with van der Waals surface area (Å²) in [5.74, 6) is 0.118. The molecule has 0 aliphatic rings. The molecule has 0 radical (unpaired) electrons. The molecule has 7 rings (SSSR count). The summed E-state index contributed by atoms with van der Waals surface area (Å²) >= 11 is 0. The zero-order chi connectivity index (χ0) is 31.1. The molecule has 0 aliphatic heterocycles. The number of benzene rings is 7. The van der Waals surface area contributed by atoms with Crippen LogP contribution in [0.2, 0.25) is 0 Å². The van der Waals surface area contributed by atoms with E-state index >= 15 is 0 Å². The predicted molar refractivity (Wildman–Crippen MR) is 185 cm³/mol. The summed E-state index contributed by atoms with van der Waals surface area (Å²) in [6.07, 6.45) is 0. The largest absolute Gasteiger partial charge is 0.507 e. The molecule has 0 bridgehead atoms. The Morgan fingerprint density at radius 2 is 1.02 bits per heavy atom. The molecule has 0 atom stereocenters. The fourth-order valence-electron chi connectivity index (χ4n) is 6.59. The fraction of sp³-hybridized carbons (Fsp3) is 0.0714. The second-order valence-electron chi connectivity index (χ2n) is 11.6. The van der Waals surface area contributed by atoms with Crippen molar-refractivity contribution in [2.45, 2.75) is 20.8 Å². The topological polar surface area (TPSA) is 46.5 Å². The van der Waals surface area contributed by atoms with E-state index in [0.717, 1.165) is 54.9 Å². The van der Waals surface area contributed by atoms with Gasteiger partial charge in [-0.1, -0.05) is 127 Å². The van der Waals surface area contributed by atoms with Gasteiger partial charge in [-0.05, 0) is 76.7 Å². The van der Waals surface area contributed by atoms with Crippen molar-refractivity contribution in [2.75, 3.05) is 0 Å². The molecule has 0 unspecified atom stereocenters. The van der Waals surface area contributed by atoms with Crippen molar-refractivity contribution in [2.24, 2.45) is 0 Å². The number of ether oxygens (including phenoxy) is 1. The molecule has 0 aromatic heterocycles. The lowest BCUT2D eigenvalue weighted by Crippen LogP contribution is -2.14. The maximum atomic E-state index is 14.2. The summed E-state index contributed by atoms with van der Waals surface area (Å²) in [5.41, 5.74) is 7.95. The van der Waals surface area contributed by atoms with E-state index in [-0.39, 0.29) is 5.75 Å². The van der Waals surface area contributed by atoms with Crippen LogP contribution in [0.15, 0.2) is 133 Å². The molecule has 45 heavy (non-hydrogen) atoms. The number of rotatable bonds is 5. The van der Waals surface area contributed by atoms with Crippen LogP contribution in [-0.2, 0) is 0 Å². The standard InChI is InChI=1S/C42H32O3/c1-26-22-27(2)37(28(3)23-26)42(44)45-41-36(30-16-8-5-9-17-30)25-32-19-11-13-21-34(32)39(41)38-33-20-12-10-18-31(33)24-35(40(38)43)29-14-6-4-7-15-29/h4-25,43H,1-3H3. The van der Waals surface area contributed by atoms with Gasteiger partial charge in [0.1, 0.15) is 11.5 Å². The van der Waals surface area contributed by atoms with E-state index in [1.165, 1.54) is 0 Å². The number of aromatic hydroxyl groups is 1. The molecule has 0 fully saturated rings. The average molecular weight is 585 g/mol. The summed E-state index contributed by atoms with van der Waals surface area (Å²) < 4.78 is 6.58. The highest BCUT2D eigenvalue weighted by Crippen LogP contribution is 2.52. The molecule has 0 saturated heterocycles. The summed E-state index contributed by atoms with van der Waals surface area (Å²) in [5, 5.41) is 16.0. The van der Waals surface area contributed by atoms with Crippen LogP contribution in [0.4, 0.5) is 0 Å². The van der Waals surface area contributed by atoms with E-state index in [0.29, 0.717) is 28.0 Å². The van der Waals surface area contributed by atoms with Crippen molar-refractivity contribution >= 4 is 27.5 Å². The zero-order valence-corrected chi connectivity index (χ0v) is 25.5. The van der Waals surface area contributed by atoms with E-state index in [1.54, 1.807) is 0 Å². The van der Waals surface area contributed by atoms with Crippen molar-refractivity contribution in [3.8, 4) is 44.9 Å². The number of hydrogen-bond donors (Lipinski definition) is 1. The minimum Gasteiger partial charge on any atom is -0.507 e. The van der Waals surface area contributed by atoms with Gasteiger partial charge < -0.3 is 9.84 Å². The number of hydrogen-bond acceptors (Lipinski definition) is 3. The zero-order valence-electron chi connectivity index (χ0n) is 25.5. The lowest BCUT2D eigenvalue weighted by Gasteiger charge is -2.22. The Kier molecular flexibility index (Phi) is 7.15. The van der Waals surface area contributed by atoms with Crippen LogP contribution in [0.3, 0.4) is 0 Å². The van der Waals surface area contributed by atoms with E-state index in [1.807, 2.05) is 136 Å². The molecular weight excluding hydrogens is 552 g/mol. The lowest BCUT2D eigenvalue weighted by atomic mass is 9.86. The summed E-state index contributed by atoms with van der Waals surface area (Å²) in [6.45, 7) is 5.91. The summed E-state index contributed by atoms with van der Waals surface area (Å²) in [6, 6.07) is 44.1. The highest BCUT2D eigenvalue weighted by atomic mass is 16.5. The summed E-state index contributed by atoms with van der Waals surface area (Å²) in [7, 11) is 0. The first-order valence-electron chi connectivity index (χ1n) is 15.1. The van der Waals surface area contributed by atoms with Crippen molar-refractivity contribution in [3.63, 3.8) is 0 Å². The summed E-state index contributed by atoms with van der Waals surface area (Å²) in [4.78, 5) is 14.2. The molecular formula is C42H32O3. The van der Waals surface area contributed by atoms with Gasteiger partial charge in [-0.25, -0.2) is 4.79 Å². The number of phenols is 1. The number of esters is 1. The van der Waals surface area contributed by atoms with Crippen molar-refractivity contribution in [1.29, 1.82) is 0 Å². The quantitative estimate of drug-likeness (QED) is 0.162. The first-order chi connectivity index (χ1) is 21.9. The number of phenolic OH excluding ortho intramolecular Hbond substituents is 1. The van der Waals surface area contributed by atoms with Crippen LogP contribution in [0.1, 0.15) is 27.0 Å². The van der Waals surface area contributed by atoms with Crippen LogP contribution in [0.25, 0.3) is 54.9 Å². The smallest absolute Gasteiger partial charge is 0.344 e. The third kappa shape index (κ3) is 5.03. The van der Waals surface area contributed by atoms with Gasteiger partial charge in [0, 0.05) is 22.3 Å². The fourth-order valence-corrected chi connectivity index (χ4v) is 6.59.